The number of hydrogen-bond acceptors (Lipinski definition) is 5. The van der Waals surface area contributed by atoms with Crippen LogP contribution in [0.15, 0.2) is 65.0 Å². The van der Waals surface area contributed by atoms with E-state index in [9.17, 15) is 9.59 Å². The number of rotatable bonds is 6. The summed E-state index contributed by atoms with van der Waals surface area (Å²) in [4.78, 5) is 23.8. The number of nitrogens with zero attached hydrogens (tertiary/aromatic N) is 2. The summed E-state index contributed by atoms with van der Waals surface area (Å²) in [7, 11) is 0. The lowest BCUT2D eigenvalue weighted by Crippen LogP contribution is -2.23. The van der Waals surface area contributed by atoms with Gasteiger partial charge >= 0.3 is 5.97 Å². The molecule has 0 aliphatic carbocycles. The number of nitrogens with one attached hydrogen (secondary N) is 1. The Bertz CT molecular complexity index is 1170. The molecular weight excluding hydrogens is 422 g/mol. The van der Waals surface area contributed by atoms with Crippen molar-refractivity contribution in [1.82, 2.24) is 15.5 Å². The van der Waals surface area contributed by atoms with Crippen LogP contribution in [0, 0.1) is 6.92 Å². The number of hydrogen-bond donors (Lipinski definition) is 2. The second-order valence-corrected chi connectivity index (χ2v) is 7.87. The summed E-state index contributed by atoms with van der Waals surface area (Å²) in [5.74, 6) is -1.71. The zero-order valence-corrected chi connectivity index (χ0v) is 17.8. The highest BCUT2D eigenvalue weighted by atomic mass is 35.5. The maximum Gasteiger partial charge on any atom is 0.330 e. The number of carboxylic acids is 1. The lowest BCUT2D eigenvalue weighted by atomic mass is 10.1. The molecule has 152 valence electrons. The van der Waals surface area contributed by atoms with Crippen LogP contribution in [0.2, 0.25) is 5.02 Å². The van der Waals surface area contributed by atoms with Gasteiger partial charge in [0, 0.05) is 10.4 Å². The van der Waals surface area contributed by atoms with Gasteiger partial charge in [0.2, 0.25) is 0 Å². The topological polar surface area (TPSA) is 92.2 Å². The molecule has 0 saturated heterocycles. The smallest absolute Gasteiger partial charge is 0.330 e. The molecule has 3 aromatic rings. The Labute approximate surface area is 182 Å². The lowest BCUT2D eigenvalue weighted by Gasteiger charge is -2.08. The highest BCUT2D eigenvalue weighted by Gasteiger charge is 2.13. The van der Waals surface area contributed by atoms with E-state index in [-0.39, 0.29) is 10.7 Å². The van der Waals surface area contributed by atoms with E-state index in [0.717, 1.165) is 39.9 Å². The summed E-state index contributed by atoms with van der Waals surface area (Å²) >= 11 is 7.00. The van der Waals surface area contributed by atoms with E-state index in [4.69, 9.17) is 16.7 Å². The third-order valence-electron chi connectivity index (χ3n) is 4.13. The van der Waals surface area contributed by atoms with E-state index < -0.39 is 11.9 Å². The Kier molecular flexibility index (Phi) is 6.87. The van der Waals surface area contributed by atoms with Gasteiger partial charge in [-0.05, 0) is 60.7 Å². The minimum atomic E-state index is -1.17. The minimum Gasteiger partial charge on any atom is -0.478 e. The average Bonchev–Trinajstić information content (AvgIpc) is 2.71. The summed E-state index contributed by atoms with van der Waals surface area (Å²) in [6.45, 7) is 3.83. The van der Waals surface area contributed by atoms with Gasteiger partial charge in [-0.15, -0.1) is 10.2 Å². The first-order valence-electron chi connectivity index (χ1n) is 8.91. The fourth-order valence-electron chi connectivity index (χ4n) is 2.60. The first-order valence-corrected chi connectivity index (χ1v) is 10.2. The SMILES string of the molecule is CC(=CSC(=CC(=O)O)NC(=O)c1cc2cc(C)ccc2nn1)c1ccc(Cl)cc1. The van der Waals surface area contributed by atoms with E-state index in [2.05, 4.69) is 15.5 Å². The number of halogens is 1. The van der Waals surface area contributed by atoms with Gasteiger partial charge in [-0.2, -0.15) is 0 Å². The minimum absolute atomic E-state index is 0.100. The number of carbonyl (C=O) groups is 2. The van der Waals surface area contributed by atoms with Crippen LogP contribution >= 0.6 is 23.4 Å². The molecule has 0 unspecified atom stereocenters. The number of thioether (sulfide) groups is 1. The Morgan fingerprint density at radius 3 is 2.53 bits per heavy atom. The van der Waals surface area contributed by atoms with Gasteiger partial charge in [-0.3, -0.25) is 4.79 Å². The van der Waals surface area contributed by atoms with Crippen LogP contribution in [0.1, 0.15) is 28.5 Å². The molecule has 6 nitrogen and oxygen atoms in total. The van der Waals surface area contributed by atoms with Crippen molar-refractivity contribution in [3.05, 3.63) is 86.9 Å². The lowest BCUT2D eigenvalue weighted by molar-refractivity contribution is -0.131. The predicted octanol–water partition coefficient (Wildman–Crippen LogP) is 5.04. The van der Waals surface area contributed by atoms with Crippen LogP contribution in [0.3, 0.4) is 0 Å². The number of amides is 1. The summed E-state index contributed by atoms with van der Waals surface area (Å²) in [6.07, 6.45) is 0.937. The second kappa shape index (κ2) is 9.56. The Morgan fingerprint density at radius 2 is 1.83 bits per heavy atom. The van der Waals surface area contributed by atoms with Gasteiger partial charge in [0.25, 0.3) is 5.91 Å². The first kappa shape index (κ1) is 21.5. The molecular formula is C22H18ClN3O3S. The van der Waals surface area contributed by atoms with Crippen molar-refractivity contribution in [3.63, 3.8) is 0 Å². The molecule has 1 aromatic heterocycles. The second-order valence-electron chi connectivity index (χ2n) is 6.52. The molecule has 30 heavy (non-hydrogen) atoms. The standard InChI is InChI=1S/C22H18ClN3O3S/c1-13-3-8-18-16(9-13)10-19(26-25-18)22(29)24-20(11-21(27)28)30-12-14(2)15-4-6-17(23)7-5-15/h3-12H,1-2H3,(H,24,29)(H,27,28). The quantitative estimate of drug-likeness (QED) is 0.522. The van der Waals surface area contributed by atoms with Gasteiger partial charge in [0.05, 0.1) is 16.6 Å². The van der Waals surface area contributed by atoms with E-state index >= 15 is 0 Å². The molecule has 0 saturated carbocycles. The molecule has 1 heterocycles. The molecule has 2 aromatic carbocycles. The van der Waals surface area contributed by atoms with Crippen molar-refractivity contribution in [3.8, 4) is 0 Å². The normalized spacial score (nSPS) is 12.1. The Balaban J connectivity index is 1.79. The van der Waals surface area contributed by atoms with E-state index in [1.54, 1.807) is 23.6 Å². The van der Waals surface area contributed by atoms with Gasteiger partial charge < -0.3 is 10.4 Å². The summed E-state index contributed by atoms with van der Waals surface area (Å²) < 4.78 is 0. The Hall–Kier alpha value is -3.16. The van der Waals surface area contributed by atoms with Crippen LogP contribution in [0.4, 0.5) is 0 Å². The van der Waals surface area contributed by atoms with Crippen molar-refractivity contribution >= 4 is 51.7 Å². The fraction of sp³-hybridized carbons (Fsp3) is 0.0909. The summed E-state index contributed by atoms with van der Waals surface area (Å²) in [5.41, 5.74) is 3.64. The van der Waals surface area contributed by atoms with Crippen molar-refractivity contribution < 1.29 is 14.7 Å². The van der Waals surface area contributed by atoms with Crippen LogP contribution in [-0.4, -0.2) is 27.2 Å². The number of benzene rings is 2. The maximum absolute atomic E-state index is 12.6. The largest absolute Gasteiger partial charge is 0.478 e. The van der Waals surface area contributed by atoms with Crippen LogP contribution in [0.5, 0.6) is 0 Å². The number of carboxylic acid groups (broad SMARTS) is 1. The molecule has 0 atom stereocenters. The molecule has 0 aliphatic rings. The number of aliphatic carboxylic acids is 1. The molecule has 1 amide bonds. The zero-order valence-electron chi connectivity index (χ0n) is 16.2. The van der Waals surface area contributed by atoms with Crippen LogP contribution < -0.4 is 5.32 Å². The number of allylic oxidation sites excluding steroid dienone is 1. The molecule has 3 rings (SSSR count). The number of aromatic nitrogens is 2. The van der Waals surface area contributed by atoms with E-state index in [1.165, 1.54) is 0 Å². The Morgan fingerprint density at radius 1 is 1.10 bits per heavy atom. The van der Waals surface area contributed by atoms with Crippen LogP contribution in [-0.2, 0) is 4.79 Å². The average molecular weight is 440 g/mol. The fourth-order valence-corrected chi connectivity index (χ4v) is 3.48. The molecule has 0 bridgehead atoms. The third kappa shape index (κ3) is 5.68. The first-order chi connectivity index (χ1) is 14.3. The molecule has 0 radical (unpaired) electrons. The maximum atomic E-state index is 12.6. The van der Waals surface area contributed by atoms with Gasteiger partial charge in [0.15, 0.2) is 5.69 Å². The number of carbonyl (C=O) groups excluding carboxylic acids is 1. The van der Waals surface area contributed by atoms with Gasteiger partial charge in [0.1, 0.15) is 0 Å². The summed E-state index contributed by atoms with van der Waals surface area (Å²) in [5, 5.41) is 23.1. The third-order valence-corrected chi connectivity index (χ3v) is 5.32. The van der Waals surface area contributed by atoms with Gasteiger partial charge in [-0.1, -0.05) is 47.1 Å². The van der Waals surface area contributed by atoms with Crippen molar-refractivity contribution in [2.24, 2.45) is 0 Å². The van der Waals surface area contributed by atoms with Crippen LogP contribution in [0.25, 0.3) is 16.5 Å². The highest BCUT2D eigenvalue weighted by molar-refractivity contribution is 8.06. The molecule has 0 fully saturated rings. The van der Waals surface area contributed by atoms with Gasteiger partial charge in [-0.25, -0.2) is 4.79 Å². The number of fused-ring (bicyclic) bond motifs is 1. The van der Waals surface area contributed by atoms with Crippen molar-refractivity contribution in [1.29, 1.82) is 0 Å². The molecule has 0 aliphatic heterocycles. The van der Waals surface area contributed by atoms with Crippen molar-refractivity contribution in [2.45, 2.75) is 13.8 Å². The molecule has 0 spiro atoms. The highest BCUT2D eigenvalue weighted by Crippen LogP contribution is 2.24. The number of aryl methyl sites for hydroxylation is 1. The van der Waals surface area contributed by atoms with E-state index in [0.29, 0.717) is 10.5 Å². The predicted molar refractivity (Wildman–Crippen MR) is 120 cm³/mol. The monoisotopic (exact) mass is 439 g/mol. The summed E-state index contributed by atoms with van der Waals surface area (Å²) in [6, 6.07) is 14.5. The zero-order chi connectivity index (χ0) is 21.7. The van der Waals surface area contributed by atoms with E-state index in [1.807, 2.05) is 44.2 Å². The molecule has 2 N–H and O–H groups in total. The molecule has 8 heteroatoms. The van der Waals surface area contributed by atoms with Crippen molar-refractivity contribution in [2.75, 3.05) is 0 Å².